The maximum Gasteiger partial charge on any atom is 0.0501 e. The first-order chi connectivity index (χ1) is 8.06. The second-order valence-electron chi connectivity index (χ2n) is 5.27. The Kier molecular flexibility index (Phi) is 4.37. The van der Waals surface area contributed by atoms with E-state index in [0.29, 0.717) is 6.04 Å². The molecule has 3 heteroatoms. The lowest BCUT2D eigenvalue weighted by Crippen LogP contribution is -2.33. The van der Waals surface area contributed by atoms with Crippen LogP contribution in [0.15, 0.2) is 22.7 Å². The summed E-state index contributed by atoms with van der Waals surface area (Å²) in [6.45, 7) is 4.69. The van der Waals surface area contributed by atoms with Crippen molar-refractivity contribution in [1.29, 1.82) is 0 Å². The van der Waals surface area contributed by atoms with E-state index in [1.54, 1.807) is 0 Å². The molecular weight excluding hydrogens is 298 g/mol. The molecule has 0 saturated heterocycles. The Morgan fingerprint density at radius 3 is 2.76 bits per heavy atom. The summed E-state index contributed by atoms with van der Waals surface area (Å²) in [4.78, 5) is 0. The minimum atomic E-state index is 0.570. The molecule has 3 unspecified atom stereocenters. The molecule has 1 aliphatic rings. The molecule has 0 aromatic heterocycles. The van der Waals surface area contributed by atoms with Gasteiger partial charge in [-0.3, -0.25) is 0 Å². The van der Waals surface area contributed by atoms with Crippen LogP contribution in [0.25, 0.3) is 0 Å². The summed E-state index contributed by atoms with van der Waals surface area (Å²) in [5.41, 5.74) is 1.11. The van der Waals surface area contributed by atoms with Crippen molar-refractivity contribution in [3.05, 3.63) is 27.7 Å². The Labute approximate surface area is 117 Å². The largest absolute Gasteiger partial charge is 0.381 e. The zero-order valence-corrected chi connectivity index (χ0v) is 12.7. The summed E-state index contributed by atoms with van der Waals surface area (Å²) < 4.78 is 1.09. The van der Waals surface area contributed by atoms with Crippen LogP contribution in [0.5, 0.6) is 0 Å². The molecule has 1 N–H and O–H groups in total. The Morgan fingerprint density at radius 1 is 1.29 bits per heavy atom. The van der Waals surface area contributed by atoms with E-state index in [9.17, 15) is 0 Å². The van der Waals surface area contributed by atoms with E-state index in [4.69, 9.17) is 11.6 Å². The fourth-order valence-electron chi connectivity index (χ4n) is 2.69. The molecule has 0 amide bonds. The van der Waals surface area contributed by atoms with Crippen molar-refractivity contribution in [3.8, 4) is 0 Å². The summed E-state index contributed by atoms with van der Waals surface area (Å²) in [5.74, 6) is 1.59. The zero-order valence-electron chi connectivity index (χ0n) is 10.3. The molecule has 0 aliphatic heterocycles. The maximum absolute atomic E-state index is 6.03. The van der Waals surface area contributed by atoms with Crippen LogP contribution >= 0.6 is 27.5 Å². The highest BCUT2D eigenvalue weighted by Gasteiger charge is 2.25. The van der Waals surface area contributed by atoms with Crippen molar-refractivity contribution in [3.63, 3.8) is 0 Å². The number of hydrogen-bond donors (Lipinski definition) is 1. The normalized spacial score (nSPS) is 29.1. The second-order valence-corrected chi connectivity index (χ2v) is 6.56. The fraction of sp³-hybridized carbons (Fsp3) is 0.571. The predicted octanol–water partition coefficient (Wildman–Crippen LogP) is 5.34. The first-order valence-electron chi connectivity index (χ1n) is 6.28. The molecule has 94 valence electrons. The van der Waals surface area contributed by atoms with Gasteiger partial charge in [-0.1, -0.05) is 25.4 Å². The molecule has 0 radical (unpaired) electrons. The molecule has 1 aromatic carbocycles. The Hall–Kier alpha value is -0.210. The summed E-state index contributed by atoms with van der Waals surface area (Å²) in [6.07, 6.45) is 3.89. The molecular formula is C14H19BrClN. The lowest BCUT2D eigenvalue weighted by atomic mass is 9.80. The number of rotatable bonds is 2. The summed E-state index contributed by atoms with van der Waals surface area (Å²) in [6, 6.07) is 6.47. The van der Waals surface area contributed by atoms with Crippen LogP contribution in [0.4, 0.5) is 5.69 Å². The van der Waals surface area contributed by atoms with Crippen LogP contribution in [-0.2, 0) is 0 Å². The maximum atomic E-state index is 6.03. The Morgan fingerprint density at radius 2 is 2.06 bits per heavy atom. The molecule has 1 nitrogen and oxygen atoms in total. The van der Waals surface area contributed by atoms with E-state index in [2.05, 4.69) is 35.1 Å². The minimum Gasteiger partial charge on any atom is -0.381 e. The predicted molar refractivity (Wildman–Crippen MR) is 78.7 cm³/mol. The molecule has 17 heavy (non-hydrogen) atoms. The molecule has 2 rings (SSSR count). The lowest BCUT2D eigenvalue weighted by molar-refractivity contribution is 0.276. The van der Waals surface area contributed by atoms with Crippen molar-refractivity contribution in [2.75, 3.05) is 5.32 Å². The number of anilines is 1. The van der Waals surface area contributed by atoms with E-state index in [1.165, 1.54) is 19.3 Å². The number of hydrogen-bond acceptors (Lipinski definition) is 1. The molecule has 1 aromatic rings. The van der Waals surface area contributed by atoms with Gasteiger partial charge in [0.05, 0.1) is 5.69 Å². The van der Waals surface area contributed by atoms with Gasteiger partial charge in [-0.05, 0) is 65.2 Å². The van der Waals surface area contributed by atoms with E-state index < -0.39 is 0 Å². The van der Waals surface area contributed by atoms with E-state index in [0.717, 1.165) is 27.0 Å². The van der Waals surface area contributed by atoms with Crippen molar-refractivity contribution < 1.29 is 0 Å². The highest BCUT2D eigenvalue weighted by atomic mass is 79.9. The average Bonchev–Trinajstić information content (AvgIpc) is 2.27. The van der Waals surface area contributed by atoms with Crippen molar-refractivity contribution in [2.45, 2.75) is 39.2 Å². The van der Waals surface area contributed by atoms with Gasteiger partial charge in [0.15, 0.2) is 0 Å². The summed E-state index contributed by atoms with van der Waals surface area (Å²) in [5, 5.41) is 4.41. The van der Waals surface area contributed by atoms with Crippen LogP contribution < -0.4 is 5.32 Å². The fourth-order valence-corrected chi connectivity index (χ4v) is 3.22. The van der Waals surface area contributed by atoms with Crippen molar-refractivity contribution in [1.82, 2.24) is 0 Å². The number of nitrogens with one attached hydrogen (secondary N) is 1. The lowest BCUT2D eigenvalue weighted by Gasteiger charge is -2.34. The third-order valence-electron chi connectivity index (χ3n) is 3.70. The van der Waals surface area contributed by atoms with Crippen molar-refractivity contribution in [2.24, 2.45) is 11.8 Å². The van der Waals surface area contributed by atoms with Crippen LogP contribution in [0, 0.1) is 11.8 Å². The summed E-state index contributed by atoms with van der Waals surface area (Å²) >= 11 is 9.60. The van der Waals surface area contributed by atoms with Gasteiger partial charge in [-0.15, -0.1) is 0 Å². The van der Waals surface area contributed by atoms with Crippen LogP contribution in [0.1, 0.15) is 33.1 Å². The molecule has 0 bridgehead atoms. The van der Waals surface area contributed by atoms with Gasteiger partial charge in [0.2, 0.25) is 0 Å². The Bertz CT molecular complexity index is 394. The molecule has 0 spiro atoms. The van der Waals surface area contributed by atoms with E-state index in [1.807, 2.05) is 18.2 Å². The zero-order chi connectivity index (χ0) is 12.4. The van der Waals surface area contributed by atoms with Gasteiger partial charge in [-0.2, -0.15) is 0 Å². The molecule has 0 heterocycles. The van der Waals surface area contributed by atoms with Crippen molar-refractivity contribution >= 4 is 33.2 Å². The molecule has 3 atom stereocenters. The molecule has 1 fully saturated rings. The average molecular weight is 317 g/mol. The molecule has 1 aliphatic carbocycles. The van der Waals surface area contributed by atoms with Gasteiger partial charge >= 0.3 is 0 Å². The number of benzene rings is 1. The van der Waals surface area contributed by atoms with Gasteiger partial charge in [0.1, 0.15) is 0 Å². The van der Waals surface area contributed by atoms with Crippen LogP contribution in [0.2, 0.25) is 5.02 Å². The van der Waals surface area contributed by atoms with Gasteiger partial charge in [0, 0.05) is 15.5 Å². The SMILES string of the molecule is CC1CCC(Nc2cc(Cl)ccc2Br)C(C)C1. The minimum absolute atomic E-state index is 0.570. The van der Waals surface area contributed by atoms with Crippen LogP contribution in [0.3, 0.4) is 0 Å². The number of halogens is 2. The van der Waals surface area contributed by atoms with Gasteiger partial charge in [-0.25, -0.2) is 0 Å². The first-order valence-corrected chi connectivity index (χ1v) is 7.45. The highest BCUT2D eigenvalue weighted by Crippen LogP contribution is 2.33. The van der Waals surface area contributed by atoms with Crippen LogP contribution in [-0.4, -0.2) is 6.04 Å². The quantitative estimate of drug-likeness (QED) is 0.776. The highest BCUT2D eigenvalue weighted by molar-refractivity contribution is 9.10. The molecule has 1 saturated carbocycles. The third-order valence-corrected chi connectivity index (χ3v) is 4.63. The van der Waals surface area contributed by atoms with E-state index in [-0.39, 0.29) is 0 Å². The topological polar surface area (TPSA) is 12.0 Å². The summed E-state index contributed by atoms with van der Waals surface area (Å²) in [7, 11) is 0. The van der Waals surface area contributed by atoms with Gasteiger partial charge in [0.25, 0.3) is 0 Å². The monoisotopic (exact) mass is 315 g/mol. The standard InChI is InChI=1S/C14H19BrClN/c1-9-3-6-13(10(2)7-9)17-14-8-11(16)4-5-12(14)15/h4-5,8-10,13,17H,3,6-7H2,1-2H3. The van der Waals surface area contributed by atoms with E-state index >= 15 is 0 Å². The second kappa shape index (κ2) is 5.62. The first kappa shape index (κ1) is 13.2. The Balaban J connectivity index is 2.07. The van der Waals surface area contributed by atoms with Gasteiger partial charge < -0.3 is 5.32 Å². The third kappa shape index (κ3) is 3.38. The smallest absolute Gasteiger partial charge is 0.0501 e.